The van der Waals surface area contributed by atoms with Gasteiger partial charge in [-0.05, 0) is 26.3 Å². The molecule has 0 spiro atoms. The minimum Gasteiger partial charge on any atom is -0.298 e. The van der Waals surface area contributed by atoms with Gasteiger partial charge in [0.25, 0.3) is 0 Å². The van der Waals surface area contributed by atoms with Crippen LogP contribution in [0.4, 0.5) is 4.39 Å². The molecule has 0 heterocycles. The van der Waals surface area contributed by atoms with Crippen LogP contribution in [0.1, 0.15) is 15.9 Å². The topological polar surface area (TPSA) is 17.1 Å². The molecule has 0 atom stereocenters. The molecule has 0 saturated heterocycles. The number of carbonyl (C=O) groups is 1. The molecule has 1 aromatic carbocycles. The van der Waals surface area contributed by atoms with E-state index in [0.717, 1.165) is 0 Å². The van der Waals surface area contributed by atoms with E-state index in [2.05, 4.69) is 11.2 Å². The van der Waals surface area contributed by atoms with Crippen LogP contribution < -0.4 is 0 Å². The lowest BCUT2D eigenvalue weighted by molar-refractivity contribution is 0.111. The first-order chi connectivity index (χ1) is 6.29. The van der Waals surface area contributed by atoms with Crippen LogP contribution in [0.25, 0.3) is 0 Å². The molecule has 0 bridgehead atoms. The lowest BCUT2D eigenvalue weighted by atomic mass is 10.1. The van der Waals surface area contributed by atoms with Crippen molar-refractivity contribution >= 4 is 36.4 Å². The summed E-state index contributed by atoms with van der Waals surface area (Å²) in [5.41, 5.74) is 0.458. The van der Waals surface area contributed by atoms with Crippen LogP contribution >= 0.6 is 30.1 Å². The molecule has 1 nitrogen and oxygen atoms in total. The average Bonchev–Trinajstić information content (AvgIpc) is 2.15. The number of rotatable bonds is 1. The number of hydrogen-bond donors (Lipinski definition) is 0. The van der Waals surface area contributed by atoms with Gasteiger partial charge in [0.15, 0.2) is 6.29 Å². The van der Waals surface area contributed by atoms with Gasteiger partial charge in [-0.25, -0.2) is 4.39 Å². The second-order valence-electron chi connectivity index (χ2n) is 2.12. The Bertz CT molecular complexity index is 381. The SMILES string of the molecule is O=Cc1c(F)cccc1C#CSI. The highest BCUT2D eigenvalue weighted by atomic mass is 127. The molecule has 1 rings (SSSR count). The van der Waals surface area contributed by atoms with E-state index in [1.807, 2.05) is 21.2 Å². The summed E-state index contributed by atoms with van der Waals surface area (Å²) in [6.07, 6.45) is 0.483. The fourth-order valence-electron chi connectivity index (χ4n) is 0.840. The Morgan fingerprint density at radius 2 is 2.31 bits per heavy atom. The Morgan fingerprint density at radius 3 is 2.92 bits per heavy atom. The van der Waals surface area contributed by atoms with Crippen molar-refractivity contribution in [3.63, 3.8) is 0 Å². The van der Waals surface area contributed by atoms with Crippen molar-refractivity contribution in [3.05, 3.63) is 35.1 Å². The molecule has 13 heavy (non-hydrogen) atoms. The fraction of sp³-hybridized carbons (Fsp3) is 0. The monoisotopic (exact) mass is 306 g/mol. The number of benzene rings is 1. The van der Waals surface area contributed by atoms with Crippen LogP contribution in [0, 0.1) is 17.0 Å². The molecule has 0 aliphatic rings. The van der Waals surface area contributed by atoms with Crippen LogP contribution in [-0.2, 0) is 0 Å². The van der Waals surface area contributed by atoms with E-state index in [1.165, 1.54) is 21.1 Å². The van der Waals surface area contributed by atoms with Crippen LogP contribution in [0.2, 0.25) is 0 Å². The van der Waals surface area contributed by atoms with Crippen LogP contribution in [0.15, 0.2) is 18.2 Å². The standard InChI is InChI=1S/C9H4FIOS/c10-9-3-1-2-7(4-5-13-11)8(9)6-12/h1-3,6H. The molecule has 0 amide bonds. The molecule has 0 saturated carbocycles. The van der Waals surface area contributed by atoms with Crippen molar-refractivity contribution in [3.8, 4) is 11.2 Å². The second kappa shape index (κ2) is 5.25. The minimum absolute atomic E-state index is 0.0282. The van der Waals surface area contributed by atoms with Crippen molar-refractivity contribution in [1.29, 1.82) is 0 Å². The van der Waals surface area contributed by atoms with Crippen molar-refractivity contribution in [2.75, 3.05) is 0 Å². The van der Waals surface area contributed by atoms with E-state index in [1.54, 1.807) is 6.07 Å². The van der Waals surface area contributed by atoms with Crippen molar-refractivity contribution in [2.45, 2.75) is 0 Å². The van der Waals surface area contributed by atoms with Gasteiger partial charge in [-0.3, -0.25) is 4.79 Å². The first-order valence-electron chi connectivity index (χ1n) is 3.32. The van der Waals surface area contributed by atoms with Gasteiger partial charge in [-0.1, -0.05) is 12.0 Å². The molecule has 0 N–H and O–H groups in total. The highest BCUT2D eigenvalue weighted by Crippen LogP contribution is 2.12. The molecule has 66 valence electrons. The maximum absolute atomic E-state index is 13.0. The lowest BCUT2D eigenvalue weighted by Crippen LogP contribution is -1.91. The van der Waals surface area contributed by atoms with Gasteiger partial charge in [0.1, 0.15) is 5.82 Å². The van der Waals surface area contributed by atoms with Gasteiger partial charge in [0.2, 0.25) is 0 Å². The zero-order valence-corrected chi connectivity index (χ0v) is 9.36. The molecule has 0 fully saturated rings. The molecule has 0 aliphatic carbocycles. The van der Waals surface area contributed by atoms with Crippen LogP contribution in [-0.4, -0.2) is 6.29 Å². The average molecular weight is 306 g/mol. The Balaban J connectivity index is 3.20. The number of aldehydes is 1. The number of hydrogen-bond acceptors (Lipinski definition) is 2. The van der Waals surface area contributed by atoms with Gasteiger partial charge in [0.05, 0.1) is 5.56 Å². The summed E-state index contributed by atoms with van der Waals surface area (Å²) in [6.45, 7) is 0. The predicted octanol–water partition coefficient (Wildman–Crippen LogP) is 3.03. The Hall–Kier alpha value is -0.540. The second-order valence-corrected chi connectivity index (χ2v) is 3.80. The fourth-order valence-corrected chi connectivity index (χ4v) is 1.32. The van der Waals surface area contributed by atoms with Crippen molar-refractivity contribution in [2.24, 2.45) is 0 Å². The first-order valence-corrected chi connectivity index (χ1v) is 6.68. The Labute approximate surface area is 91.7 Å². The first kappa shape index (κ1) is 10.5. The summed E-state index contributed by atoms with van der Waals surface area (Å²) in [6, 6.07) is 4.39. The summed E-state index contributed by atoms with van der Waals surface area (Å²) in [5, 5.41) is 2.69. The van der Waals surface area contributed by atoms with Gasteiger partial charge in [-0.15, -0.1) is 0 Å². The van der Waals surface area contributed by atoms with Crippen molar-refractivity contribution < 1.29 is 9.18 Å². The molecular formula is C9H4FIOS. The van der Waals surface area contributed by atoms with E-state index in [-0.39, 0.29) is 5.56 Å². The number of halogens is 2. The summed E-state index contributed by atoms with van der Waals surface area (Å²) in [5.74, 6) is 2.16. The van der Waals surface area contributed by atoms with Gasteiger partial charge in [0, 0.05) is 26.8 Å². The molecule has 0 aliphatic heterocycles. The maximum Gasteiger partial charge on any atom is 0.154 e. The third-order valence-corrected chi connectivity index (χ3v) is 2.23. The zero-order chi connectivity index (χ0) is 9.68. The predicted molar refractivity (Wildman–Crippen MR) is 60.3 cm³/mol. The largest absolute Gasteiger partial charge is 0.298 e. The van der Waals surface area contributed by atoms with E-state index in [4.69, 9.17) is 0 Å². The van der Waals surface area contributed by atoms with Crippen LogP contribution in [0.5, 0.6) is 0 Å². The molecule has 4 heteroatoms. The van der Waals surface area contributed by atoms with Gasteiger partial charge in [-0.2, -0.15) is 0 Å². The summed E-state index contributed by atoms with van der Waals surface area (Å²) in [7, 11) is 1.29. The third-order valence-electron chi connectivity index (χ3n) is 1.40. The summed E-state index contributed by atoms with van der Waals surface area (Å²) in [4.78, 5) is 10.5. The molecule has 0 aromatic heterocycles. The van der Waals surface area contributed by atoms with Crippen LogP contribution in [0.3, 0.4) is 0 Å². The zero-order valence-electron chi connectivity index (χ0n) is 6.38. The maximum atomic E-state index is 13.0. The number of carbonyl (C=O) groups excluding carboxylic acids is 1. The van der Waals surface area contributed by atoms with E-state index >= 15 is 0 Å². The third kappa shape index (κ3) is 2.71. The van der Waals surface area contributed by atoms with E-state index in [9.17, 15) is 9.18 Å². The molecule has 0 unspecified atom stereocenters. The Morgan fingerprint density at radius 1 is 1.54 bits per heavy atom. The highest BCUT2D eigenvalue weighted by molar-refractivity contribution is 14.2. The Kier molecular flexibility index (Phi) is 4.25. The smallest absolute Gasteiger partial charge is 0.154 e. The minimum atomic E-state index is -0.528. The van der Waals surface area contributed by atoms with Gasteiger partial charge < -0.3 is 0 Å². The van der Waals surface area contributed by atoms with E-state index < -0.39 is 5.82 Å². The summed E-state index contributed by atoms with van der Waals surface area (Å²) >= 11 is 2.01. The molecular weight excluding hydrogens is 302 g/mol. The van der Waals surface area contributed by atoms with Gasteiger partial charge >= 0.3 is 0 Å². The molecule has 1 aromatic rings. The summed E-state index contributed by atoms with van der Waals surface area (Å²) < 4.78 is 13.0. The normalized spacial score (nSPS) is 8.77. The van der Waals surface area contributed by atoms with Crippen molar-refractivity contribution in [1.82, 2.24) is 0 Å². The quantitative estimate of drug-likeness (QED) is 0.451. The molecule has 0 radical (unpaired) electrons. The highest BCUT2D eigenvalue weighted by Gasteiger charge is 2.04. The lowest BCUT2D eigenvalue weighted by Gasteiger charge is -1.96. The van der Waals surface area contributed by atoms with E-state index in [0.29, 0.717) is 11.8 Å².